The maximum atomic E-state index is 12.4. The van der Waals surface area contributed by atoms with Gasteiger partial charge in [0, 0.05) is 19.2 Å². The Morgan fingerprint density at radius 3 is 3.00 bits per heavy atom. The minimum absolute atomic E-state index is 0.0997. The number of amides is 1. The summed E-state index contributed by atoms with van der Waals surface area (Å²) >= 11 is 0. The molecule has 5 nitrogen and oxygen atoms in total. The van der Waals surface area contributed by atoms with E-state index >= 15 is 0 Å². The molecule has 0 aliphatic carbocycles. The monoisotopic (exact) mass is 292 g/mol. The first-order valence-corrected chi connectivity index (χ1v) is 7.45. The maximum absolute atomic E-state index is 12.4. The molecule has 1 heterocycles. The van der Waals surface area contributed by atoms with Gasteiger partial charge in [-0.25, -0.2) is 0 Å². The molecule has 1 unspecified atom stereocenters. The lowest BCUT2D eigenvalue weighted by atomic mass is 10.0. The third-order valence-corrected chi connectivity index (χ3v) is 3.65. The van der Waals surface area contributed by atoms with E-state index in [1.807, 2.05) is 19.1 Å². The van der Waals surface area contributed by atoms with E-state index in [-0.39, 0.29) is 5.91 Å². The molecule has 0 saturated carbocycles. The molecule has 5 heteroatoms. The van der Waals surface area contributed by atoms with E-state index in [0.717, 1.165) is 13.0 Å². The second-order valence-electron chi connectivity index (χ2n) is 5.69. The van der Waals surface area contributed by atoms with Crippen LogP contribution in [0.2, 0.25) is 0 Å². The number of β-amino-alcohol motifs (C(OH)–C–C–N with tert-alkyl or cyclic N) is 1. The molecular formula is C16H24N2O3. The molecule has 0 spiro atoms. The molecule has 116 valence electrons. The van der Waals surface area contributed by atoms with Crippen LogP contribution in [0.25, 0.3) is 0 Å². The van der Waals surface area contributed by atoms with Gasteiger partial charge in [-0.3, -0.25) is 4.79 Å². The van der Waals surface area contributed by atoms with Crippen molar-refractivity contribution in [1.29, 1.82) is 0 Å². The number of ether oxygens (including phenoxy) is 1. The van der Waals surface area contributed by atoms with Crippen LogP contribution >= 0.6 is 0 Å². The summed E-state index contributed by atoms with van der Waals surface area (Å²) in [5.41, 5.74) is -0.235. The highest BCUT2D eigenvalue weighted by Crippen LogP contribution is 2.18. The molecule has 0 radical (unpaired) electrons. The standard InChI is InChI=1S/C16H24N2O3/c1-3-9-21-14-6-4-5-13(10-14)15(19)18(2)12-16(20)7-8-17-11-16/h4-6,10,17,20H,3,7-9,11-12H2,1-2H3. The second-order valence-corrected chi connectivity index (χ2v) is 5.69. The molecule has 21 heavy (non-hydrogen) atoms. The van der Waals surface area contributed by atoms with Gasteiger partial charge in [0.05, 0.1) is 18.8 Å². The SMILES string of the molecule is CCCOc1cccc(C(=O)N(C)CC2(O)CCNC2)c1. The second kappa shape index (κ2) is 6.91. The minimum atomic E-state index is -0.819. The molecule has 1 fully saturated rings. The number of carbonyl (C=O) groups is 1. The van der Waals surface area contributed by atoms with Crippen molar-refractivity contribution in [3.8, 4) is 5.75 Å². The summed E-state index contributed by atoms with van der Waals surface area (Å²) in [7, 11) is 1.72. The van der Waals surface area contributed by atoms with E-state index < -0.39 is 5.60 Å². The number of nitrogens with one attached hydrogen (secondary N) is 1. The highest BCUT2D eigenvalue weighted by molar-refractivity contribution is 5.94. The van der Waals surface area contributed by atoms with Crippen LogP contribution in [0, 0.1) is 0 Å². The first-order chi connectivity index (χ1) is 10.0. The van der Waals surface area contributed by atoms with Crippen LogP contribution in [0.3, 0.4) is 0 Å². The molecule has 2 N–H and O–H groups in total. The lowest BCUT2D eigenvalue weighted by Crippen LogP contribution is -2.45. The smallest absolute Gasteiger partial charge is 0.253 e. The van der Waals surface area contributed by atoms with E-state index in [2.05, 4.69) is 5.32 Å². The summed E-state index contributed by atoms with van der Waals surface area (Å²) in [6.45, 7) is 4.33. The number of benzene rings is 1. The molecule has 0 aromatic heterocycles. The average molecular weight is 292 g/mol. The fourth-order valence-electron chi connectivity index (χ4n) is 2.54. The van der Waals surface area contributed by atoms with E-state index in [0.29, 0.717) is 37.4 Å². The predicted molar refractivity (Wildman–Crippen MR) is 81.6 cm³/mol. The molecule has 1 aromatic carbocycles. The van der Waals surface area contributed by atoms with E-state index in [1.54, 1.807) is 24.1 Å². The van der Waals surface area contributed by atoms with E-state index in [1.165, 1.54) is 0 Å². The van der Waals surface area contributed by atoms with Gasteiger partial charge in [-0.1, -0.05) is 13.0 Å². The Balaban J connectivity index is 2.01. The average Bonchev–Trinajstić information content (AvgIpc) is 2.90. The number of nitrogens with zero attached hydrogens (tertiary/aromatic N) is 1. The van der Waals surface area contributed by atoms with E-state index in [4.69, 9.17) is 4.74 Å². The fourth-order valence-corrected chi connectivity index (χ4v) is 2.54. The van der Waals surface area contributed by atoms with Crippen molar-refractivity contribution in [2.45, 2.75) is 25.4 Å². The molecule has 1 aliphatic heterocycles. The maximum Gasteiger partial charge on any atom is 0.253 e. The zero-order chi connectivity index (χ0) is 15.3. The van der Waals surface area contributed by atoms with Crippen LogP contribution in [-0.2, 0) is 0 Å². The summed E-state index contributed by atoms with van der Waals surface area (Å²) in [5, 5.41) is 13.5. The number of hydrogen-bond donors (Lipinski definition) is 2. The van der Waals surface area contributed by atoms with E-state index in [9.17, 15) is 9.90 Å². The molecular weight excluding hydrogens is 268 g/mol. The van der Waals surface area contributed by atoms with Gasteiger partial charge in [0.25, 0.3) is 5.91 Å². The highest BCUT2D eigenvalue weighted by atomic mass is 16.5. The molecule has 1 aliphatic rings. The molecule has 1 saturated heterocycles. The lowest BCUT2D eigenvalue weighted by Gasteiger charge is -2.28. The van der Waals surface area contributed by atoms with Crippen LogP contribution < -0.4 is 10.1 Å². The number of aliphatic hydroxyl groups is 1. The van der Waals surface area contributed by atoms with Crippen molar-refractivity contribution in [3.63, 3.8) is 0 Å². The number of rotatable bonds is 6. The Hall–Kier alpha value is -1.59. The zero-order valence-corrected chi connectivity index (χ0v) is 12.8. The van der Waals surface area contributed by atoms with Crippen molar-refractivity contribution in [1.82, 2.24) is 10.2 Å². The van der Waals surface area contributed by atoms with Gasteiger partial charge < -0.3 is 20.1 Å². The van der Waals surface area contributed by atoms with Crippen molar-refractivity contribution in [2.24, 2.45) is 0 Å². The zero-order valence-electron chi connectivity index (χ0n) is 12.8. The Morgan fingerprint density at radius 2 is 2.33 bits per heavy atom. The molecule has 1 amide bonds. The Labute approximate surface area is 125 Å². The van der Waals surface area contributed by atoms with Crippen LogP contribution in [0.4, 0.5) is 0 Å². The molecule has 0 bridgehead atoms. The van der Waals surface area contributed by atoms with Gasteiger partial charge >= 0.3 is 0 Å². The van der Waals surface area contributed by atoms with Crippen LogP contribution in [0.15, 0.2) is 24.3 Å². The highest BCUT2D eigenvalue weighted by Gasteiger charge is 2.33. The summed E-state index contributed by atoms with van der Waals surface area (Å²) in [6, 6.07) is 7.19. The van der Waals surface area contributed by atoms with Crippen LogP contribution in [0.1, 0.15) is 30.1 Å². The first kappa shape index (κ1) is 15.8. The van der Waals surface area contributed by atoms with Gasteiger partial charge in [0.15, 0.2) is 0 Å². The summed E-state index contributed by atoms with van der Waals surface area (Å²) in [4.78, 5) is 14.0. The van der Waals surface area contributed by atoms with Crippen LogP contribution in [0.5, 0.6) is 5.75 Å². The predicted octanol–water partition coefficient (Wildman–Crippen LogP) is 1.27. The van der Waals surface area contributed by atoms with Crippen molar-refractivity contribution < 1.29 is 14.6 Å². The third kappa shape index (κ3) is 4.19. The lowest BCUT2D eigenvalue weighted by molar-refractivity contribution is 0.0252. The van der Waals surface area contributed by atoms with Crippen molar-refractivity contribution in [3.05, 3.63) is 29.8 Å². The van der Waals surface area contributed by atoms with Crippen molar-refractivity contribution >= 4 is 5.91 Å². The topological polar surface area (TPSA) is 61.8 Å². The summed E-state index contributed by atoms with van der Waals surface area (Å²) < 4.78 is 5.55. The minimum Gasteiger partial charge on any atom is -0.494 e. The van der Waals surface area contributed by atoms with Gasteiger partial charge in [-0.2, -0.15) is 0 Å². The molecule has 1 aromatic rings. The quantitative estimate of drug-likeness (QED) is 0.829. The Kier molecular flexibility index (Phi) is 5.20. The Morgan fingerprint density at radius 1 is 1.52 bits per heavy atom. The fraction of sp³-hybridized carbons (Fsp3) is 0.562. The van der Waals surface area contributed by atoms with Gasteiger partial charge in [0.2, 0.25) is 0 Å². The number of carbonyl (C=O) groups excluding carboxylic acids is 1. The number of hydrogen-bond acceptors (Lipinski definition) is 4. The summed E-state index contributed by atoms with van der Waals surface area (Å²) in [6.07, 6.45) is 1.60. The third-order valence-electron chi connectivity index (χ3n) is 3.65. The van der Waals surface area contributed by atoms with Gasteiger partial charge in [-0.05, 0) is 37.6 Å². The van der Waals surface area contributed by atoms with Crippen molar-refractivity contribution in [2.75, 3.05) is 33.3 Å². The van der Waals surface area contributed by atoms with Gasteiger partial charge in [-0.15, -0.1) is 0 Å². The largest absolute Gasteiger partial charge is 0.494 e. The van der Waals surface area contributed by atoms with Crippen LogP contribution in [-0.4, -0.2) is 54.8 Å². The normalized spacial score (nSPS) is 21.3. The number of likely N-dealkylation sites (N-methyl/N-ethyl adjacent to an activating group) is 1. The summed E-state index contributed by atoms with van der Waals surface area (Å²) in [5.74, 6) is 0.606. The molecule has 1 atom stereocenters. The molecule has 2 rings (SSSR count). The Bertz CT molecular complexity index is 484. The first-order valence-electron chi connectivity index (χ1n) is 7.45. The van der Waals surface area contributed by atoms with Gasteiger partial charge in [0.1, 0.15) is 5.75 Å².